The number of ether oxygens (including phenoxy) is 6. The second kappa shape index (κ2) is 11.7. The third-order valence-corrected chi connectivity index (χ3v) is 6.42. The molecule has 8 N–H and O–H groups in total. The fourth-order valence-corrected chi connectivity index (χ4v) is 4.13. The van der Waals surface area contributed by atoms with Gasteiger partial charge in [0.05, 0.1) is 25.0 Å². The summed E-state index contributed by atoms with van der Waals surface area (Å²) in [6.45, 7) is 2.23. The van der Waals surface area contributed by atoms with Gasteiger partial charge in [-0.2, -0.15) is 0 Å². The summed E-state index contributed by atoms with van der Waals surface area (Å²) < 4.78 is 31.5. The van der Waals surface area contributed by atoms with Crippen LogP contribution in [0.4, 0.5) is 5.69 Å². The number of aliphatic hydroxyl groups excluding tert-OH is 7. The Morgan fingerprint density at radius 2 is 1.56 bits per heavy atom. The van der Waals surface area contributed by atoms with Crippen LogP contribution in [0.3, 0.4) is 0 Å². The van der Waals surface area contributed by atoms with Gasteiger partial charge < -0.3 is 69.5 Å². The molecule has 3 heterocycles. The third-order valence-electron chi connectivity index (χ3n) is 6.42. The predicted molar refractivity (Wildman–Crippen MR) is 123 cm³/mol. The molecule has 3 aliphatic rings. The van der Waals surface area contributed by atoms with Crippen LogP contribution in [-0.4, -0.2) is 129 Å². The van der Waals surface area contributed by atoms with Crippen LogP contribution < -0.4 is 14.8 Å². The van der Waals surface area contributed by atoms with Gasteiger partial charge in [0.2, 0.25) is 0 Å². The molecule has 39 heavy (non-hydrogen) atoms. The van der Waals surface area contributed by atoms with Crippen molar-refractivity contribution < 1.29 is 73.8 Å². The number of anilines is 1. The molecule has 10 atom stereocenters. The Hall–Kier alpha value is -2.90. The smallest absolute Gasteiger partial charge is 0.340 e. The first-order valence-electron chi connectivity index (χ1n) is 11.7. The Morgan fingerprint density at radius 3 is 2.23 bits per heavy atom. The van der Waals surface area contributed by atoms with Crippen molar-refractivity contribution in [2.24, 2.45) is 0 Å². The molecule has 216 valence electrons. The lowest BCUT2D eigenvalue weighted by Crippen LogP contribution is -2.61. The van der Waals surface area contributed by atoms with Crippen LogP contribution in [-0.2, 0) is 23.7 Å². The molecule has 3 aliphatic heterocycles. The van der Waals surface area contributed by atoms with E-state index >= 15 is 0 Å². The minimum Gasteiger partial charge on any atom is -0.497 e. The number of hydrogen-bond acceptors (Lipinski definition) is 15. The van der Waals surface area contributed by atoms with E-state index in [0.29, 0.717) is 0 Å². The Balaban J connectivity index is 1.42. The first-order chi connectivity index (χ1) is 18.4. The summed E-state index contributed by atoms with van der Waals surface area (Å²) in [6.07, 6.45) is -16.8. The highest BCUT2D eigenvalue weighted by Gasteiger charge is 2.47. The van der Waals surface area contributed by atoms with Crippen molar-refractivity contribution >= 4 is 17.6 Å². The molecule has 2 saturated heterocycles. The quantitative estimate of drug-likeness (QED) is 0.118. The van der Waals surface area contributed by atoms with E-state index < -0.39 is 86.5 Å². The highest BCUT2D eigenvalue weighted by molar-refractivity contribution is 6.10. The Bertz CT molecular complexity index is 1100. The average molecular weight is 559 g/mol. The van der Waals surface area contributed by atoms with E-state index in [1.165, 1.54) is 19.2 Å². The van der Waals surface area contributed by atoms with Gasteiger partial charge in [-0.25, -0.2) is 4.79 Å². The monoisotopic (exact) mass is 559 g/mol. The lowest BCUT2D eigenvalue weighted by atomic mass is 9.98. The molecule has 16 heteroatoms. The molecule has 0 radical (unpaired) electrons. The van der Waals surface area contributed by atoms with E-state index in [0.717, 1.165) is 0 Å². The third kappa shape index (κ3) is 5.85. The summed E-state index contributed by atoms with van der Waals surface area (Å²) in [5.74, 6) is -1.62. The van der Waals surface area contributed by atoms with Gasteiger partial charge in [-0.1, -0.05) is 6.58 Å². The topological polar surface area (TPSA) is 243 Å². The van der Waals surface area contributed by atoms with Crippen LogP contribution in [0.2, 0.25) is 0 Å². The van der Waals surface area contributed by atoms with Crippen molar-refractivity contribution in [3.05, 3.63) is 30.0 Å². The normalized spacial score (nSPS) is 36.4. The lowest BCUT2D eigenvalue weighted by Gasteiger charge is -2.42. The zero-order valence-electron chi connectivity index (χ0n) is 20.4. The highest BCUT2D eigenvalue weighted by atomic mass is 16.7. The first kappa shape index (κ1) is 29.1. The maximum atomic E-state index is 12.9. The summed E-state index contributed by atoms with van der Waals surface area (Å²) in [5.41, 5.74) is -0.174. The molecule has 0 aliphatic carbocycles. The average Bonchev–Trinajstić information content (AvgIpc) is 2.92. The van der Waals surface area contributed by atoms with Crippen LogP contribution in [0.1, 0.15) is 10.4 Å². The molecule has 10 unspecified atom stereocenters. The minimum atomic E-state index is -1.83. The number of hydrogen-bond donors (Lipinski definition) is 8. The van der Waals surface area contributed by atoms with Gasteiger partial charge in [-0.3, -0.25) is 4.79 Å². The molecule has 1 aromatic rings. The van der Waals surface area contributed by atoms with Gasteiger partial charge in [-0.15, -0.1) is 0 Å². The number of methoxy groups -OCH3 is 1. The number of esters is 1. The van der Waals surface area contributed by atoms with Gasteiger partial charge in [0.15, 0.2) is 24.1 Å². The number of amides is 1. The van der Waals surface area contributed by atoms with Crippen LogP contribution in [0.5, 0.6) is 11.5 Å². The van der Waals surface area contributed by atoms with Crippen LogP contribution in [0.25, 0.3) is 0 Å². The number of nitrogens with one attached hydrogen (secondary N) is 1. The van der Waals surface area contributed by atoms with Crippen molar-refractivity contribution in [1.82, 2.24) is 0 Å². The maximum absolute atomic E-state index is 12.9. The van der Waals surface area contributed by atoms with Crippen LogP contribution in [0, 0.1) is 0 Å². The van der Waals surface area contributed by atoms with Gasteiger partial charge in [-0.05, 0) is 6.07 Å². The van der Waals surface area contributed by atoms with E-state index in [9.17, 15) is 45.3 Å². The summed E-state index contributed by atoms with van der Waals surface area (Å²) in [4.78, 5) is 24.9. The maximum Gasteiger partial charge on any atom is 0.340 e. The number of carbonyl (C=O) groups is 2. The van der Waals surface area contributed by atoms with Crippen molar-refractivity contribution in [1.29, 1.82) is 0 Å². The SMILES string of the molecule is C=C1Oc2cc(OC)cc(C(=O)OCC3OC(OCC4OC(O)C(O)C(O)C4O)C(O)C(O)C3O)c2NC1=O. The van der Waals surface area contributed by atoms with Crippen LogP contribution in [0.15, 0.2) is 24.5 Å². The zero-order chi connectivity index (χ0) is 28.6. The minimum absolute atomic E-state index is 0.0134. The molecule has 4 rings (SSSR count). The predicted octanol–water partition coefficient (Wildman–Crippen LogP) is -3.68. The molecule has 0 spiro atoms. The molecule has 0 saturated carbocycles. The number of aliphatic hydroxyl groups is 7. The van der Waals surface area contributed by atoms with Crippen LogP contribution >= 0.6 is 0 Å². The fraction of sp³-hybridized carbons (Fsp3) is 0.565. The molecule has 1 amide bonds. The lowest BCUT2D eigenvalue weighted by molar-refractivity contribution is -0.325. The Kier molecular flexibility index (Phi) is 8.72. The van der Waals surface area contributed by atoms with Crippen molar-refractivity contribution in [2.75, 3.05) is 25.6 Å². The van der Waals surface area contributed by atoms with Gasteiger partial charge in [0, 0.05) is 6.07 Å². The Morgan fingerprint density at radius 1 is 0.923 bits per heavy atom. The molecule has 16 nitrogen and oxygen atoms in total. The summed E-state index contributed by atoms with van der Waals surface area (Å²) >= 11 is 0. The second-order valence-electron chi connectivity index (χ2n) is 9.01. The van der Waals surface area contributed by atoms with Gasteiger partial charge in [0.25, 0.3) is 5.91 Å². The summed E-state index contributed by atoms with van der Waals surface area (Å²) in [5, 5.41) is 72.4. The van der Waals surface area contributed by atoms with E-state index in [1.807, 2.05) is 0 Å². The van der Waals surface area contributed by atoms with Crippen molar-refractivity contribution in [3.8, 4) is 11.5 Å². The largest absolute Gasteiger partial charge is 0.497 e. The first-order valence-corrected chi connectivity index (χ1v) is 11.7. The zero-order valence-corrected chi connectivity index (χ0v) is 20.4. The molecular weight excluding hydrogens is 530 g/mol. The van der Waals surface area contributed by atoms with Crippen molar-refractivity contribution in [3.63, 3.8) is 0 Å². The number of fused-ring (bicyclic) bond motifs is 1. The Labute approximate surface area is 220 Å². The number of carbonyl (C=O) groups excluding carboxylic acids is 2. The van der Waals surface area contributed by atoms with E-state index in [-0.39, 0.29) is 28.5 Å². The molecule has 2 fully saturated rings. The number of benzene rings is 1. The molecular formula is C23H29NO15. The fourth-order valence-electron chi connectivity index (χ4n) is 4.13. The van der Waals surface area contributed by atoms with E-state index in [1.54, 1.807) is 0 Å². The van der Waals surface area contributed by atoms with Gasteiger partial charge in [0.1, 0.15) is 61.2 Å². The standard InChI is InChI=1S/C23H29NO15/c1-7-20(31)24-13-9(3-8(34-2)4-10(13)37-7)21(32)35-5-12-15(26)17(28)19(30)23(39-12)36-6-11-14(25)16(27)18(29)22(33)38-11/h3-4,11-12,14-19,22-23,25-30,33H,1,5-6H2,2H3,(H,24,31). The van der Waals surface area contributed by atoms with E-state index in [2.05, 4.69) is 11.9 Å². The molecule has 0 bridgehead atoms. The summed E-state index contributed by atoms with van der Waals surface area (Å²) in [6, 6.07) is 2.69. The van der Waals surface area contributed by atoms with E-state index in [4.69, 9.17) is 28.4 Å². The van der Waals surface area contributed by atoms with Crippen molar-refractivity contribution in [2.45, 2.75) is 61.4 Å². The number of rotatable bonds is 7. The van der Waals surface area contributed by atoms with Gasteiger partial charge >= 0.3 is 5.97 Å². The highest BCUT2D eigenvalue weighted by Crippen LogP contribution is 2.38. The molecule has 1 aromatic carbocycles. The molecule has 0 aromatic heterocycles. The second-order valence-corrected chi connectivity index (χ2v) is 9.01. The summed E-state index contributed by atoms with van der Waals surface area (Å²) in [7, 11) is 1.34.